The molecule has 0 amide bonds. The Morgan fingerprint density at radius 1 is 1.17 bits per heavy atom. The Morgan fingerprint density at radius 3 is 2.92 bits per heavy atom. The first-order valence-corrected chi connectivity index (χ1v) is 8.91. The van der Waals surface area contributed by atoms with Crippen molar-refractivity contribution >= 4 is 44.3 Å². The van der Waals surface area contributed by atoms with Crippen LogP contribution in [-0.4, -0.2) is 29.7 Å². The number of anilines is 1. The third-order valence-electron chi connectivity index (χ3n) is 4.19. The normalized spacial score (nSPS) is 18.1. The molecular formula is C18H15BrClN3O. The molecule has 1 aliphatic heterocycles. The number of aromatic nitrogens is 2. The molecule has 0 aliphatic carbocycles. The first-order chi connectivity index (χ1) is 11.7. The molecule has 0 radical (unpaired) electrons. The van der Waals surface area contributed by atoms with Gasteiger partial charge < -0.3 is 9.64 Å². The van der Waals surface area contributed by atoms with Gasteiger partial charge in [-0.15, -0.1) is 0 Å². The van der Waals surface area contributed by atoms with E-state index in [2.05, 4.69) is 36.9 Å². The fourth-order valence-electron chi connectivity index (χ4n) is 3.03. The summed E-state index contributed by atoms with van der Waals surface area (Å²) < 4.78 is 6.97. The van der Waals surface area contributed by atoms with E-state index < -0.39 is 0 Å². The molecule has 122 valence electrons. The van der Waals surface area contributed by atoms with Gasteiger partial charge in [-0.2, -0.15) is 0 Å². The zero-order chi connectivity index (χ0) is 16.5. The number of hydrogen-bond donors (Lipinski definition) is 0. The average molecular weight is 405 g/mol. The first-order valence-electron chi connectivity index (χ1n) is 7.73. The van der Waals surface area contributed by atoms with Gasteiger partial charge in [0.05, 0.1) is 12.1 Å². The second kappa shape index (κ2) is 6.67. The van der Waals surface area contributed by atoms with Gasteiger partial charge in [0.25, 0.3) is 0 Å². The largest absolute Gasteiger partial charge is 0.370 e. The van der Waals surface area contributed by atoms with E-state index in [-0.39, 0.29) is 6.10 Å². The maximum Gasteiger partial charge on any atom is 0.140 e. The predicted octanol–water partition coefficient (Wildman–Crippen LogP) is 4.62. The van der Waals surface area contributed by atoms with Gasteiger partial charge >= 0.3 is 0 Å². The molecule has 0 bridgehead atoms. The summed E-state index contributed by atoms with van der Waals surface area (Å²) in [6.45, 7) is 2.14. The average Bonchev–Trinajstić information content (AvgIpc) is 2.61. The smallest absolute Gasteiger partial charge is 0.140 e. The molecule has 2 heterocycles. The molecule has 0 N–H and O–H groups in total. The minimum absolute atomic E-state index is 0.0652. The standard InChI is InChI=1S/C18H15BrClN3O/c19-12-5-6-16-14(9-12)18(22-11-21-16)23-7-8-24-17(10-23)13-3-1-2-4-15(13)20/h1-6,9,11,17H,7-8,10H2. The maximum atomic E-state index is 6.34. The highest BCUT2D eigenvalue weighted by atomic mass is 79.9. The van der Waals surface area contributed by atoms with Crippen LogP contribution in [0.15, 0.2) is 53.3 Å². The van der Waals surface area contributed by atoms with Gasteiger partial charge in [-0.25, -0.2) is 9.97 Å². The lowest BCUT2D eigenvalue weighted by atomic mass is 10.1. The van der Waals surface area contributed by atoms with Crippen molar-refractivity contribution in [3.63, 3.8) is 0 Å². The summed E-state index contributed by atoms with van der Waals surface area (Å²) in [5.41, 5.74) is 1.95. The highest BCUT2D eigenvalue weighted by Crippen LogP contribution is 2.32. The van der Waals surface area contributed by atoms with Crippen LogP contribution in [0.1, 0.15) is 11.7 Å². The molecule has 1 atom stereocenters. The SMILES string of the molecule is Clc1ccccc1C1CN(c2ncnc3ccc(Br)cc23)CCO1. The van der Waals surface area contributed by atoms with E-state index in [1.807, 2.05) is 36.4 Å². The third kappa shape index (κ3) is 2.99. The predicted molar refractivity (Wildman–Crippen MR) is 99.6 cm³/mol. The summed E-state index contributed by atoms with van der Waals surface area (Å²) in [5.74, 6) is 0.932. The zero-order valence-corrected chi connectivity index (χ0v) is 15.2. The fraction of sp³-hybridized carbons (Fsp3) is 0.222. The second-order valence-corrected chi connectivity index (χ2v) is 7.01. The maximum absolute atomic E-state index is 6.34. The lowest BCUT2D eigenvalue weighted by Gasteiger charge is -2.34. The van der Waals surface area contributed by atoms with Crippen molar-refractivity contribution < 1.29 is 4.74 Å². The van der Waals surface area contributed by atoms with Crippen molar-refractivity contribution in [2.75, 3.05) is 24.6 Å². The van der Waals surface area contributed by atoms with E-state index in [0.29, 0.717) is 13.2 Å². The van der Waals surface area contributed by atoms with Crippen LogP contribution in [-0.2, 0) is 4.74 Å². The molecular weight excluding hydrogens is 390 g/mol. The first kappa shape index (κ1) is 15.8. The Kier molecular flexibility index (Phi) is 4.39. The molecule has 6 heteroatoms. The number of benzene rings is 2. The quantitative estimate of drug-likeness (QED) is 0.624. The van der Waals surface area contributed by atoms with Crippen LogP contribution in [0.3, 0.4) is 0 Å². The third-order valence-corrected chi connectivity index (χ3v) is 5.03. The van der Waals surface area contributed by atoms with Gasteiger partial charge in [-0.3, -0.25) is 0 Å². The summed E-state index contributed by atoms with van der Waals surface area (Å²) in [6.07, 6.45) is 1.55. The number of nitrogens with zero attached hydrogens (tertiary/aromatic N) is 3. The summed E-state index contributed by atoms with van der Waals surface area (Å²) in [6, 6.07) is 13.9. The van der Waals surface area contributed by atoms with Crippen LogP contribution in [0, 0.1) is 0 Å². The summed E-state index contributed by atoms with van der Waals surface area (Å²) in [7, 11) is 0. The molecule has 4 nitrogen and oxygen atoms in total. The Balaban J connectivity index is 1.70. The van der Waals surface area contributed by atoms with E-state index in [0.717, 1.165) is 38.3 Å². The Bertz CT molecular complexity index is 889. The number of hydrogen-bond acceptors (Lipinski definition) is 4. The minimum atomic E-state index is -0.0652. The van der Waals surface area contributed by atoms with E-state index in [9.17, 15) is 0 Å². The molecule has 1 aromatic heterocycles. The van der Waals surface area contributed by atoms with E-state index in [4.69, 9.17) is 16.3 Å². The molecule has 3 aromatic rings. The van der Waals surface area contributed by atoms with Crippen molar-refractivity contribution in [3.8, 4) is 0 Å². The van der Waals surface area contributed by atoms with Crippen LogP contribution >= 0.6 is 27.5 Å². The number of morpholine rings is 1. The topological polar surface area (TPSA) is 38.2 Å². The van der Waals surface area contributed by atoms with Gasteiger partial charge in [-0.05, 0) is 24.3 Å². The molecule has 1 fully saturated rings. The van der Waals surface area contributed by atoms with Gasteiger partial charge in [-0.1, -0.05) is 45.7 Å². The highest BCUT2D eigenvalue weighted by Gasteiger charge is 2.25. The van der Waals surface area contributed by atoms with Gasteiger partial charge in [0.15, 0.2) is 0 Å². The molecule has 0 saturated carbocycles. The van der Waals surface area contributed by atoms with Crippen molar-refractivity contribution in [1.82, 2.24) is 9.97 Å². The van der Waals surface area contributed by atoms with E-state index in [1.165, 1.54) is 0 Å². The number of rotatable bonds is 2. The summed E-state index contributed by atoms with van der Waals surface area (Å²) >= 11 is 9.87. The Morgan fingerprint density at radius 2 is 2.04 bits per heavy atom. The summed E-state index contributed by atoms with van der Waals surface area (Å²) in [4.78, 5) is 11.1. The molecule has 24 heavy (non-hydrogen) atoms. The van der Waals surface area contributed by atoms with E-state index in [1.54, 1.807) is 6.33 Å². The summed E-state index contributed by atoms with van der Waals surface area (Å²) in [5, 5.41) is 1.77. The number of halogens is 2. The van der Waals surface area contributed by atoms with Crippen molar-refractivity contribution in [3.05, 3.63) is 63.9 Å². The van der Waals surface area contributed by atoms with Crippen LogP contribution < -0.4 is 4.90 Å². The fourth-order valence-corrected chi connectivity index (χ4v) is 3.65. The molecule has 1 aliphatic rings. The van der Waals surface area contributed by atoms with Gasteiger partial charge in [0.1, 0.15) is 18.2 Å². The monoisotopic (exact) mass is 403 g/mol. The van der Waals surface area contributed by atoms with Crippen LogP contribution in [0.2, 0.25) is 5.02 Å². The van der Waals surface area contributed by atoms with Gasteiger partial charge in [0, 0.05) is 33.5 Å². The Labute approximate surface area is 153 Å². The number of fused-ring (bicyclic) bond motifs is 1. The van der Waals surface area contributed by atoms with E-state index >= 15 is 0 Å². The zero-order valence-electron chi connectivity index (χ0n) is 12.8. The Hall–Kier alpha value is -1.69. The van der Waals surface area contributed by atoms with Crippen molar-refractivity contribution in [1.29, 1.82) is 0 Å². The minimum Gasteiger partial charge on any atom is -0.370 e. The van der Waals surface area contributed by atoms with Crippen LogP contribution in [0.5, 0.6) is 0 Å². The highest BCUT2D eigenvalue weighted by molar-refractivity contribution is 9.10. The van der Waals surface area contributed by atoms with Crippen LogP contribution in [0.4, 0.5) is 5.82 Å². The lowest BCUT2D eigenvalue weighted by Crippen LogP contribution is -2.39. The molecule has 1 saturated heterocycles. The van der Waals surface area contributed by atoms with Crippen molar-refractivity contribution in [2.24, 2.45) is 0 Å². The molecule has 2 aromatic carbocycles. The second-order valence-electron chi connectivity index (χ2n) is 5.69. The van der Waals surface area contributed by atoms with Crippen molar-refractivity contribution in [2.45, 2.75) is 6.10 Å². The van der Waals surface area contributed by atoms with Gasteiger partial charge in [0.2, 0.25) is 0 Å². The molecule has 0 spiro atoms. The van der Waals surface area contributed by atoms with Crippen LogP contribution in [0.25, 0.3) is 10.9 Å². The molecule has 1 unspecified atom stereocenters. The lowest BCUT2D eigenvalue weighted by molar-refractivity contribution is 0.0397. The number of ether oxygens (including phenoxy) is 1. The molecule has 4 rings (SSSR count).